The molecule has 112 valence electrons. The summed E-state index contributed by atoms with van der Waals surface area (Å²) in [4.78, 5) is 12.8. The van der Waals surface area contributed by atoms with E-state index >= 15 is 0 Å². The van der Waals surface area contributed by atoms with Gasteiger partial charge in [0.2, 0.25) is 5.91 Å². The van der Waals surface area contributed by atoms with Crippen LogP contribution in [0.15, 0.2) is 0 Å². The Morgan fingerprint density at radius 3 is 2.21 bits per heavy atom. The first kappa shape index (κ1) is 16.5. The summed E-state index contributed by atoms with van der Waals surface area (Å²) < 4.78 is 0. The molecule has 0 saturated heterocycles. The van der Waals surface area contributed by atoms with Crippen LogP contribution in [-0.2, 0) is 4.79 Å². The van der Waals surface area contributed by atoms with Gasteiger partial charge in [0.25, 0.3) is 0 Å². The molecule has 0 radical (unpaired) electrons. The van der Waals surface area contributed by atoms with E-state index in [1.807, 2.05) is 13.8 Å². The number of carbonyl (C=O) groups is 1. The summed E-state index contributed by atoms with van der Waals surface area (Å²) in [6.07, 6.45) is 7.82. The Labute approximate surface area is 118 Å². The average molecular weight is 269 g/mol. The zero-order chi connectivity index (χ0) is 14.5. The predicted molar refractivity (Wildman–Crippen MR) is 78.9 cm³/mol. The molecule has 0 spiro atoms. The van der Waals surface area contributed by atoms with E-state index < -0.39 is 5.54 Å². The Balaban J connectivity index is 2.92. The van der Waals surface area contributed by atoms with Crippen LogP contribution in [-0.4, -0.2) is 23.2 Å². The molecule has 1 rings (SSSR count). The lowest BCUT2D eigenvalue weighted by Gasteiger charge is -2.39. The van der Waals surface area contributed by atoms with E-state index in [0.717, 1.165) is 32.1 Å². The number of rotatable bonds is 5. The fraction of sp³-hybridized carbons (Fsp3) is 0.938. The lowest BCUT2D eigenvalue weighted by Crippen LogP contribution is -2.54. The lowest BCUT2D eigenvalue weighted by molar-refractivity contribution is -0.137. The monoisotopic (exact) mass is 269 g/mol. The van der Waals surface area contributed by atoms with Crippen molar-refractivity contribution < 1.29 is 9.90 Å². The molecule has 0 bridgehead atoms. The molecule has 3 heteroatoms. The normalized spacial score (nSPS) is 21.5. The van der Waals surface area contributed by atoms with E-state index in [4.69, 9.17) is 0 Å². The molecule has 1 fully saturated rings. The Bertz CT molecular complexity index is 291. The van der Waals surface area contributed by atoms with Gasteiger partial charge in [0.05, 0.1) is 17.6 Å². The highest BCUT2D eigenvalue weighted by molar-refractivity contribution is 5.83. The van der Waals surface area contributed by atoms with Crippen LogP contribution in [0.5, 0.6) is 0 Å². The van der Waals surface area contributed by atoms with Crippen molar-refractivity contribution in [3.63, 3.8) is 0 Å². The first-order valence-electron chi connectivity index (χ1n) is 7.81. The summed E-state index contributed by atoms with van der Waals surface area (Å²) in [6.45, 7) is 8.12. The second kappa shape index (κ2) is 6.74. The van der Waals surface area contributed by atoms with Gasteiger partial charge in [0.1, 0.15) is 0 Å². The van der Waals surface area contributed by atoms with Crippen molar-refractivity contribution in [3.8, 4) is 0 Å². The van der Waals surface area contributed by atoms with Crippen molar-refractivity contribution in [1.29, 1.82) is 0 Å². The quantitative estimate of drug-likeness (QED) is 0.753. The fourth-order valence-electron chi connectivity index (χ4n) is 3.17. The van der Waals surface area contributed by atoms with Crippen molar-refractivity contribution >= 4 is 5.91 Å². The number of nitrogens with one attached hydrogen (secondary N) is 1. The summed E-state index contributed by atoms with van der Waals surface area (Å²) in [5, 5.41) is 12.4. The van der Waals surface area contributed by atoms with Crippen LogP contribution in [0.4, 0.5) is 0 Å². The number of hydrogen-bond donors (Lipinski definition) is 2. The van der Waals surface area contributed by atoms with E-state index in [-0.39, 0.29) is 17.9 Å². The molecule has 19 heavy (non-hydrogen) atoms. The van der Waals surface area contributed by atoms with Crippen molar-refractivity contribution in [2.45, 2.75) is 78.2 Å². The van der Waals surface area contributed by atoms with Gasteiger partial charge >= 0.3 is 0 Å². The highest BCUT2D eigenvalue weighted by atomic mass is 16.3. The average Bonchev–Trinajstić information content (AvgIpc) is 2.64. The van der Waals surface area contributed by atoms with Gasteiger partial charge < -0.3 is 10.4 Å². The molecular formula is C16H31NO2. The lowest BCUT2D eigenvalue weighted by atomic mass is 9.68. The van der Waals surface area contributed by atoms with Crippen LogP contribution in [0.2, 0.25) is 0 Å². The Morgan fingerprint density at radius 1 is 1.26 bits per heavy atom. The third-order valence-electron chi connectivity index (χ3n) is 4.85. The molecule has 2 N–H and O–H groups in total. The maximum atomic E-state index is 12.8. The fourth-order valence-corrected chi connectivity index (χ4v) is 3.17. The number of aliphatic hydroxyl groups excluding tert-OH is 1. The van der Waals surface area contributed by atoms with Crippen LogP contribution >= 0.6 is 0 Å². The first-order chi connectivity index (χ1) is 8.88. The molecule has 3 nitrogen and oxygen atoms in total. The second-order valence-electron chi connectivity index (χ2n) is 6.88. The molecule has 1 aliphatic rings. The number of amides is 1. The minimum absolute atomic E-state index is 0.0185. The van der Waals surface area contributed by atoms with Crippen LogP contribution in [0.25, 0.3) is 0 Å². The van der Waals surface area contributed by atoms with Gasteiger partial charge in [-0.05, 0) is 32.6 Å². The van der Waals surface area contributed by atoms with Crippen LogP contribution in [0.3, 0.4) is 0 Å². The number of aliphatic hydroxyl groups is 1. The van der Waals surface area contributed by atoms with Gasteiger partial charge in [-0.15, -0.1) is 0 Å². The SMILES string of the molecule is CCC(C)C1(C(=O)NC(C)(C)CO)CCCCCC1. The van der Waals surface area contributed by atoms with Gasteiger partial charge in [-0.25, -0.2) is 0 Å². The van der Waals surface area contributed by atoms with E-state index in [1.54, 1.807) is 0 Å². The van der Waals surface area contributed by atoms with Gasteiger partial charge in [-0.1, -0.05) is 46.0 Å². The first-order valence-corrected chi connectivity index (χ1v) is 7.81. The maximum Gasteiger partial charge on any atom is 0.226 e. The molecule has 1 amide bonds. The summed E-state index contributed by atoms with van der Waals surface area (Å²) in [5.41, 5.74) is -0.748. The molecule has 0 heterocycles. The Morgan fingerprint density at radius 2 is 1.79 bits per heavy atom. The smallest absolute Gasteiger partial charge is 0.226 e. The molecule has 1 unspecified atom stereocenters. The van der Waals surface area contributed by atoms with E-state index in [1.165, 1.54) is 12.8 Å². The molecule has 1 saturated carbocycles. The number of carbonyl (C=O) groups excluding carboxylic acids is 1. The van der Waals surface area contributed by atoms with Gasteiger partial charge in [0.15, 0.2) is 0 Å². The summed E-state index contributed by atoms with van der Waals surface area (Å²) in [6, 6.07) is 0. The zero-order valence-corrected chi connectivity index (χ0v) is 13.1. The zero-order valence-electron chi connectivity index (χ0n) is 13.1. The Kier molecular flexibility index (Phi) is 5.84. The van der Waals surface area contributed by atoms with Gasteiger partial charge in [0, 0.05) is 0 Å². The molecule has 0 aromatic rings. The molecular weight excluding hydrogens is 238 g/mol. The predicted octanol–water partition coefficient (Wildman–Crippen LogP) is 3.26. The Hall–Kier alpha value is -0.570. The minimum atomic E-state index is -0.524. The van der Waals surface area contributed by atoms with E-state index in [0.29, 0.717) is 5.92 Å². The number of hydrogen-bond acceptors (Lipinski definition) is 2. The molecule has 0 aromatic carbocycles. The van der Waals surface area contributed by atoms with Crippen LogP contribution in [0.1, 0.15) is 72.6 Å². The van der Waals surface area contributed by atoms with Crippen LogP contribution in [0, 0.1) is 11.3 Å². The third kappa shape index (κ3) is 3.95. The van der Waals surface area contributed by atoms with E-state index in [2.05, 4.69) is 19.2 Å². The standard InChI is InChI=1S/C16H31NO2/c1-5-13(2)16(10-8-6-7-9-11-16)14(19)17-15(3,4)12-18/h13,18H,5-12H2,1-4H3,(H,17,19). The van der Waals surface area contributed by atoms with Gasteiger partial charge in [-0.2, -0.15) is 0 Å². The van der Waals surface area contributed by atoms with Gasteiger partial charge in [-0.3, -0.25) is 4.79 Å². The van der Waals surface area contributed by atoms with Crippen molar-refractivity contribution in [3.05, 3.63) is 0 Å². The molecule has 0 aliphatic heterocycles. The highest BCUT2D eigenvalue weighted by Crippen LogP contribution is 2.43. The third-order valence-corrected chi connectivity index (χ3v) is 4.85. The summed E-state index contributed by atoms with van der Waals surface area (Å²) in [5.74, 6) is 0.558. The highest BCUT2D eigenvalue weighted by Gasteiger charge is 2.43. The summed E-state index contributed by atoms with van der Waals surface area (Å²) >= 11 is 0. The van der Waals surface area contributed by atoms with Crippen molar-refractivity contribution in [2.75, 3.05) is 6.61 Å². The molecule has 1 aliphatic carbocycles. The molecule has 0 aromatic heterocycles. The topological polar surface area (TPSA) is 49.3 Å². The summed E-state index contributed by atoms with van der Waals surface area (Å²) in [7, 11) is 0. The van der Waals surface area contributed by atoms with Crippen LogP contribution < -0.4 is 5.32 Å². The van der Waals surface area contributed by atoms with Crippen molar-refractivity contribution in [1.82, 2.24) is 5.32 Å². The maximum absolute atomic E-state index is 12.8. The minimum Gasteiger partial charge on any atom is -0.394 e. The van der Waals surface area contributed by atoms with Crippen molar-refractivity contribution in [2.24, 2.45) is 11.3 Å². The largest absolute Gasteiger partial charge is 0.394 e. The molecule has 1 atom stereocenters. The second-order valence-corrected chi connectivity index (χ2v) is 6.88. The van der Waals surface area contributed by atoms with E-state index in [9.17, 15) is 9.90 Å².